The molecule has 6 heteroatoms. The molecule has 0 N–H and O–H groups in total. The van der Waals surface area contributed by atoms with Crippen LogP contribution in [-0.2, 0) is 23.3 Å². The number of rotatable bonds is 5. The Kier molecular flexibility index (Phi) is 4.61. The summed E-state index contributed by atoms with van der Waals surface area (Å²) in [6.45, 7) is 6.70. The Morgan fingerprint density at radius 1 is 1.28 bits per heavy atom. The van der Waals surface area contributed by atoms with Crippen LogP contribution in [0.3, 0.4) is 0 Å². The Balaban J connectivity index is 2.03. The molecule has 132 valence electrons. The Labute approximate surface area is 146 Å². The highest BCUT2D eigenvalue weighted by Crippen LogP contribution is 2.32. The lowest BCUT2D eigenvalue weighted by Gasteiger charge is -2.18. The Morgan fingerprint density at radius 3 is 2.68 bits per heavy atom. The van der Waals surface area contributed by atoms with Crippen LogP contribution in [0.2, 0.25) is 0 Å². The van der Waals surface area contributed by atoms with Crippen molar-refractivity contribution in [2.45, 2.75) is 45.8 Å². The number of fused-ring (bicyclic) bond motifs is 1. The van der Waals surface area contributed by atoms with Crippen LogP contribution in [-0.4, -0.2) is 22.1 Å². The highest BCUT2D eigenvalue weighted by atomic mass is 16.5. The minimum Gasteiger partial charge on any atom is -0.481 e. The van der Waals surface area contributed by atoms with E-state index in [-0.39, 0.29) is 35.6 Å². The van der Waals surface area contributed by atoms with Crippen molar-refractivity contribution in [3.05, 3.63) is 57.8 Å². The van der Waals surface area contributed by atoms with Crippen LogP contribution in [0.5, 0.6) is 5.75 Å². The van der Waals surface area contributed by atoms with Gasteiger partial charge in [0.05, 0.1) is 6.61 Å². The molecule has 25 heavy (non-hydrogen) atoms. The fraction of sp³-hybridized carbons (Fsp3) is 0.421. The number of nitrogens with zero attached hydrogens (tertiary/aromatic N) is 2. The van der Waals surface area contributed by atoms with Gasteiger partial charge in [0.1, 0.15) is 12.4 Å². The van der Waals surface area contributed by atoms with E-state index in [2.05, 4.69) is 4.98 Å². The van der Waals surface area contributed by atoms with Crippen molar-refractivity contribution >= 4 is 5.97 Å². The van der Waals surface area contributed by atoms with Gasteiger partial charge >= 0.3 is 5.97 Å². The van der Waals surface area contributed by atoms with Crippen LogP contribution in [0.1, 0.15) is 49.1 Å². The van der Waals surface area contributed by atoms with Gasteiger partial charge in [-0.05, 0) is 18.9 Å². The van der Waals surface area contributed by atoms with E-state index in [0.29, 0.717) is 12.4 Å². The monoisotopic (exact) mass is 342 g/mol. The smallest absolute Gasteiger partial charge is 0.361 e. The van der Waals surface area contributed by atoms with Gasteiger partial charge in [-0.15, -0.1) is 0 Å². The van der Waals surface area contributed by atoms with Crippen molar-refractivity contribution in [3.63, 3.8) is 0 Å². The van der Waals surface area contributed by atoms with Gasteiger partial charge in [0.15, 0.2) is 5.69 Å². The van der Waals surface area contributed by atoms with E-state index < -0.39 is 5.97 Å². The third-order valence-corrected chi connectivity index (χ3v) is 4.39. The van der Waals surface area contributed by atoms with Gasteiger partial charge in [0.25, 0.3) is 5.56 Å². The highest BCUT2D eigenvalue weighted by Gasteiger charge is 2.36. The lowest BCUT2D eigenvalue weighted by atomic mass is 9.91. The second kappa shape index (κ2) is 6.70. The lowest BCUT2D eigenvalue weighted by molar-refractivity contribution is 0.0512. The molecule has 0 radical (unpaired) electrons. The maximum atomic E-state index is 12.9. The van der Waals surface area contributed by atoms with E-state index in [0.717, 1.165) is 12.0 Å². The normalized spacial score (nSPS) is 14.8. The van der Waals surface area contributed by atoms with Gasteiger partial charge in [-0.2, -0.15) is 0 Å². The first kappa shape index (κ1) is 17.2. The van der Waals surface area contributed by atoms with Crippen LogP contribution in [0.15, 0.2) is 35.1 Å². The predicted octanol–water partition coefficient (Wildman–Crippen LogP) is 2.68. The lowest BCUT2D eigenvalue weighted by Crippen LogP contribution is -2.29. The van der Waals surface area contributed by atoms with Crippen LogP contribution >= 0.6 is 0 Å². The third kappa shape index (κ3) is 3.29. The maximum Gasteiger partial charge on any atom is 0.361 e. The molecule has 0 unspecified atom stereocenters. The van der Waals surface area contributed by atoms with Gasteiger partial charge in [-0.3, -0.25) is 9.36 Å². The molecule has 0 spiro atoms. The second-order valence-corrected chi connectivity index (χ2v) is 6.70. The molecule has 6 nitrogen and oxygen atoms in total. The molecule has 1 aliphatic rings. The van der Waals surface area contributed by atoms with Crippen LogP contribution in [0.25, 0.3) is 0 Å². The number of carbonyl (C=O) groups is 1. The van der Waals surface area contributed by atoms with Crippen molar-refractivity contribution in [3.8, 4) is 5.75 Å². The SMILES string of the molecule is CCOC(=O)c1nc2n(c(=O)c1OCc1ccccc1)CCC2(C)C. The number of hydrogen-bond acceptors (Lipinski definition) is 5. The summed E-state index contributed by atoms with van der Waals surface area (Å²) < 4.78 is 12.4. The predicted molar refractivity (Wildman–Crippen MR) is 92.9 cm³/mol. The molecule has 0 fully saturated rings. The molecule has 3 rings (SSSR count). The molecular weight excluding hydrogens is 320 g/mol. The van der Waals surface area contributed by atoms with Gasteiger partial charge < -0.3 is 9.47 Å². The largest absolute Gasteiger partial charge is 0.481 e. The van der Waals surface area contributed by atoms with Crippen molar-refractivity contribution in [1.29, 1.82) is 0 Å². The quantitative estimate of drug-likeness (QED) is 0.781. The fourth-order valence-corrected chi connectivity index (χ4v) is 2.96. The first-order valence-corrected chi connectivity index (χ1v) is 8.43. The summed E-state index contributed by atoms with van der Waals surface area (Å²) >= 11 is 0. The molecular formula is C19H22N2O4. The molecule has 1 aromatic carbocycles. The minimum absolute atomic E-state index is 0.0380. The molecule has 1 aromatic heterocycles. The molecule has 0 amide bonds. The van der Waals surface area contributed by atoms with Crippen molar-refractivity contribution in [2.75, 3.05) is 6.61 Å². The first-order chi connectivity index (χ1) is 11.9. The number of aromatic nitrogens is 2. The summed E-state index contributed by atoms with van der Waals surface area (Å²) in [6, 6.07) is 9.47. The third-order valence-electron chi connectivity index (χ3n) is 4.39. The molecule has 0 bridgehead atoms. The highest BCUT2D eigenvalue weighted by molar-refractivity contribution is 5.90. The summed E-state index contributed by atoms with van der Waals surface area (Å²) in [5, 5.41) is 0. The maximum absolute atomic E-state index is 12.9. The van der Waals surface area contributed by atoms with Crippen LogP contribution in [0, 0.1) is 0 Å². The van der Waals surface area contributed by atoms with Crippen molar-refractivity contribution in [1.82, 2.24) is 9.55 Å². The topological polar surface area (TPSA) is 70.4 Å². The summed E-state index contributed by atoms with van der Waals surface area (Å²) in [5.41, 5.74) is 0.277. The van der Waals surface area contributed by atoms with E-state index >= 15 is 0 Å². The van der Waals surface area contributed by atoms with Crippen LogP contribution in [0.4, 0.5) is 0 Å². The van der Waals surface area contributed by atoms with Crippen LogP contribution < -0.4 is 10.3 Å². The van der Waals surface area contributed by atoms with E-state index in [1.807, 2.05) is 44.2 Å². The Bertz CT molecular complexity index is 840. The van der Waals surface area contributed by atoms with Crippen molar-refractivity contribution in [2.24, 2.45) is 0 Å². The zero-order valence-electron chi connectivity index (χ0n) is 14.7. The van der Waals surface area contributed by atoms with Gasteiger partial charge in [-0.1, -0.05) is 44.2 Å². The van der Waals surface area contributed by atoms with Crippen molar-refractivity contribution < 1.29 is 14.3 Å². The summed E-state index contributed by atoms with van der Waals surface area (Å²) in [7, 11) is 0. The Morgan fingerprint density at radius 2 is 2.00 bits per heavy atom. The fourth-order valence-electron chi connectivity index (χ4n) is 2.96. The number of carbonyl (C=O) groups excluding carboxylic acids is 1. The molecule has 0 saturated heterocycles. The second-order valence-electron chi connectivity index (χ2n) is 6.70. The van der Waals surface area contributed by atoms with Gasteiger partial charge in [-0.25, -0.2) is 9.78 Å². The molecule has 2 aromatic rings. The number of benzene rings is 1. The van der Waals surface area contributed by atoms with E-state index in [1.54, 1.807) is 11.5 Å². The molecule has 1 aliphatic heterocycles. The standard InChI is InChI=1S/C19H22N2O4/c1-4-24-17(23)14-15(25-12-13-8-6-5-7-9-13)16(22)21-11-10-19(2,3)18(21)20-14/h5-9H,4,10-12H2,1-3H3. The number of hydrogen-bond donors (Lipinski definition) is 0. The molecule has 0 atom stereocenters. The van der Waals surface area contributed by atoms with E-state index in [1.165, 1.54) is 0 Å². The minimum atomic E-state index is -0.631. The zero-order valence-corrected chi connectivity index (χ0v) is 14.7. The number of esters is 1. The van der Waals surface area contributed by atoms with E-state index in [9.17, 15) is 9.59 Å². The molecule has 0 saturated carbocycles. The first-order valence-electron chi connectivity index (χ1n) is 8.43. The van der Waals surface area contributed by atoms with Gasteiger partial charge in [0, 0.05) is 12.0 Å². The number of ether oxygens (including phenoxy) is 2. The van der Waals surface area contributed by atoms with E-state index in [4.69, 9.17) is 9.47 Å². The average Bonchev–Trinajstić information content (AvgIpc) is 2.90. The summed E-state index contributed by atoms with van der Waals surface area (Å²) in [5.74, 6) is -0.0647. The summed E-state index contributed by atoms with van der Waals surface area (Å²) in [6.07, 6.45) is 0.791. The molecule has 0 aliphatic carbocycles. The van der Waals surface area contributed by atoms with Gasteiger partial charge in [0.2, 0.25) is 5.75 Å². The summed E-state index contributed by atoms with van der Waals surface area (Å²) in [4.78, 5) is 29.7. The zero-order chi connectivity index (χ0) is 18.0. The molecule has 2 heterocycles. The Hall–Kier alpha value is -2.63. The average molecular weight is 342 g/mol.